The van der Waals surface area contributed by atoms with Crippen molar-refractivity contribution in [2.45, 2.75) is 13.3 Å². The van der Waals surface area contributed by atoms with E-state index in [2.05, 4.69) is 10.5 Å². The van der Waals surface area contributed by atoms with Gasteiger partial charge >= 0.3 is 0 Å². The van der Waals surface area contributed by atoms with Crippen LogP contribution >= 0.6 is 12.4 Å². The van der Waals surface area contributed by atoms with Crippen molar-refractivity contribution in [1.29, 1.82) is 0 Å². The lowest BCUT2D eigenvalue weighted by molar-refractivity contribution is 0.0765. The number of nitrogens with zero attached hydrogens (tertiary/aromatic N) is 2. The molecule has 1 N–H and O–H groups in total. The van der Waals surface area contributed by atoms with E-state index in [1.807, 2.05) is 35.2 Å². The molecule has 1 amide bonds. The highest BCUT2D eigenvalue weighted by molar-refractivity contribution is 6.00. The SMILES string of the molecule is Cc1onc(-c2ccccc2)c1C(=O)N1CCCNCC1.Cl. The quantitative estimate of drug-likeness (QED) is 0.923. The Hall–Kier alpha value is -1.85. The van der Waals surface area contributed by atoms with Crippen molar-refractivity contribution in [3.8, 4) is 11.3 Å². The van der Waals surface area contributed by atoms with Gasteiger partial charge < -0.3 is 14.7 Å². The average Bonchev–Trinajstić information content (AvgIpc) is 2.74. The molecule has 22 heavy (non-hydrogen) atoms. The Morgan fingerprint density at radius 1 is 1.23 bits per heavy atom. The fraction of sp³-hybridized carbons (Fsp3) is 0.375. The molecule has 0 atom stereocenters. The van der Waals surface area contributed by atoms with Gasteiger partial charge in [-0.3, -0.25) is 4.79 Å². The van der Waals surface area contributed by atoms with Crippen LogP contribution < -0.4 is 5.32 Å². The zero-order valence-electron chi connectivity index (χ0n) is 12.5. The minimum atomic E-state index is 0. The molecule has 0 spiro atoms. The maximum Gasteiger partial charge on any atom is 0.259 e. The van der Waals surface area contributed by atoms with Crippen LogP contribution in [0.15, 0.2) is 34.9 Å². The topological polar surface area (TPSA) is 58.4 Å². The van der Waals surface area contributed by atoms with E-state index in [1.165, 1.54) is 0 Å². The monoisotopic (exact) mass is 321 g/mol. The molecule has 2 aromatic rings. The van der Waals surface area contributed by atoms with Gasteiger partial charge in [0.15, 0.2) is 0 Å². The molecule has 0 bridgehead atoms. The number of benzene rings is 1. The lowest BCUT2D eigenvalue weighted by Crippen LogP contribution is -2.34. The third-order valence-electron chi connectivity index (χ3n) is 3.75. The number of hydrogen-bond acceptors (Lipinski definition) is 4. The summed E-state index contributed by atoms with van der Waals surface area (Å²) < 4.78 is 5.28. The number of carbonyl (C=O) groups is 1. The van der Waals surface area contributed by atoms with Gasteiger partial charge in [0.2, 0.25) is 0 Å². The third-order valence-corrected chi connectivity index (χ3v) is 3.75. The van der Waals surface area contributed by atoms with Crippen molar-refractivity contribution in [3.05, 3.63) is 41.7 Å². The minimum Gasteiger partial charge on any atom is -0.360 e. The lowest BCUT2D eigenvalue weighted by Gasteiger charge is -2.19. The van der Waals surface area contributed by atoms with Crippen LogP contribution in [0.25, 0.3) is 11.3 Å². The molecular weight excluding hydrogens is 302 g/mol. The first-order chi connectivity index (χ1) is 10.3. The fourth-order valence-electron chi connectivity index (χ4n) is 2.62. The Labute approximate surface area is 136 Å². The molecule has 0 radical (unpaired) electrons. The largest absolute Gasteiger partial charge is 0.360 e. The molecule has 1 aliphatic rings. The highest BCUT2D eigenvalue weighted by Crippen LogP contribution is 2.26. The Bertz CT molecular complexity index is 620. The molecule has 0 aliphatic carbocycles. The summed E-state index contributed by atoms with van der Waals surface area (Å²) in [6.45, 7) is 5.07. The van der Waals surface area contributed by atoms with Crippen LogP contribution in [0.3, 0.4) is 0 Å². The molecule has 1 aliphatic heterocycles. The summed E-state index contributed by atoms with van der Waals surface area (Å²) in [6, 6.07) is 9.70. The van der Waals surface area contributed by atoms with Crippen molar-refractivity contribution in [1.82, 2.24) is 15.4 Å². The Morgan fingerprint density at radius 2 is 2.00 bits per heavy atom. The van der Waals surface area contributed by atoms with Gasteiger partial charge in [-0.2, -0.15) is 0 Å². The summed E-state index contributed by atoms with van der Waals surface area (Å²) in [5, 5.41) is 7.39. The number of amides is 1. The Morgan fingerprint density at radius 3 is 2.77 bits per heavy atom. The van der Waals surface area contributed by atoms with Crippen LogP contribution in [-0.4, -0.2) is 42.1 Å². The van der Waals surface area contributed by atoms with Crippen LogP contribution in [0.2, 0.25) is 0 Å². The summed E-state index contributed by atoms with van der Waals surface area (Å²) >= 11 is 0. The smallest absolute Gasteiger partial charge is 0.259 e. The average molecular weight is 322 g/mol. The zero-order valence-corrected chi connectivity index (χ0v) is 13.4. The predicted molar refractivity (Wildman–Crippen MR) is 87.3 cm³/mol. The van der Waals surface area contributed by atoms with Crippen molar-refractivity contribution >= 4 is 18.3 Å². The van der Waals surface area contributed by atoms with Crippen molar-refractivity contribution in [2.75, 3.05) is 26.2 Å². The molecule has 3 rings (SSSR count). The van der Waals surface area contributed by atoms with E-state index in [4.69, 9.17) is 4.52 Å². The van der Waals surface area contributed by atoms with Crippen molar-refractivity contribution in [3.63, 3.8) is 0 Å². The van der Waals surface area contributed by atoms with Crippen LogP contribution in [0, 0.1) is 6.92 Å². The molecule has 6 heteroatoms. The number of carbonyl (C=O) groups excluding carboxylic acids is 1. The molecule has 5 nitrogen and oxygen atoms in total. The van der Waals surface area contributed by atoms with Crippen LogP contribution in [0.4, 0.5) is 0 Å². The zero-order chi connectivity index (χ0) is 14.7. The first-order valence-electron chi connectivity index (χ1n) is 7.29. The van der Waals surface area contributed by atoms with Gasteiger partial charge in [0.05, 0.1) is 0 Å². The summed E-state index contributed by atoms with van der Waals surface area (Å²) in [7, 11) is 0. The molecule has 1 aromatic carbocycles. The van der Waals surface area contributed by atoms with E-state index in [0.717, 1.165) is 38.2 Å². The van der Waals surface area contributed by atoms with E-state index in [1.54, 1.807) is 6.92 Å². The van der Waals surface area contributed by atoms with E-state index in [0.29, 0.717) is 17.0 Å². The lowest BCUT2D eigenvalue weighted by atomic mass is 10.1. The van der Waals surface area contributed by atoms with Gasteiger partial charge in [0.1, 0.15) is 17.0 Å². The van der Waals surface area contributed by atoms with Gasteiger partial charge in [-0.25, -0.2) is 0 Å². The van der Waals surface area contributed by atoms with E-state index in [-0.39, 0.29) is 18.3 Å². The number of rotatable bonds is 2. The van der Waals surface area contributed by atoms with Crippen LogP contribution in [0.1, 0.15) is 22.5 Å². The predicted octanol–water partition coefficient (Wildman–Crippen LogP) is 2.51. The minimum absolute atomic E-state index is 0. The van der Waals surface area contributed by atoms with Crippen LogP contribution in [0.5, 0.6) is 0 Å². The second-order valence-electron chi connectivity index (χ2n) is 5.22. The molecule has 2 heterocycles. The standard InChI is InChI=1S/C16H19N3O2.ClH/c1-12-14(16(20)19-10-5-8-17-9-11-19)15(18-21-12)13-6-3-2-4-7-13;/h2-4,6-7,17H,5,8-11H2,1H3;1H. The van der Waals surface area contributed by atoms with E-state index >= 15 is 0 Å². The maximum atomic E-state index is 12.8. The number of aromatic nitrogens is 1. The maximum absolute atomic E-state index is 12.8. The second kappa shape index (κ2) is 7.42. The van der Waals surface area contributed by atoms with Crippen molar-refractivity contribution < 1.29 is 9.32 Å². The van der Waals surface area contributed by atoms with Gasteiger partial charge in [0.25, 0.3) is 5.91 Å². The van der Waals surface area contributed by atoms with Crippen molar-refractivity contribution in [2.24, 2.45) is 0 Å². The van der Waals surface area contributed by atoms with E-state index in [9.17, 15) is 4.79 Å². The number of nitrogens with one attached hydrogen (secondary N) is 1. The molecule has 1 aromatic heterocycles. The molecule has 0 saturated carbocycles. The molecule has 1 fully saturated rings. The summed E-state index contributed by atoms with van der Waals surface area (Å²) in [6.07, 6.45) is 0.969. The molecule has 118 valence electrons. The Kier molecular flexibility index (Phi) is 5.57. The van der Waals surface area contributed by atoms with Crippen LogP contribution in [-0.2, 0) is 0 Å². The summed E-state index contributed by atoms with van der Waals surface area (Å²) in [5.74, 6) is 0.590. The number of halogens is 1. The van der Waals surface area contributed by atoms with E-state index < -0.39 is 0 Å². The Balaban J connectivity index is 0.00000176. The molecular formula is C16H20ClN3O2. The summed E-state index contributed by atoms with van der Waals surface area (Å²) in [4.78, 5) is 14.7. The van der Waals surface area contributed by atoms with Gasteiger partial charge in [-0.05, 0) is 19.9 Å². The first-order valence-corrected chi connectivity index (χ1v) is 7.29. The normalized spacial score (nSPS) is 15.0. The molecule has 1 saturated heterocycles. The first kappa shape index (κ1) is 16.5. The highest BCUT2D eigenvalue weighted by Gasteiger charge is 2.26. The second-order valence-corrected chi connectivity index (χ2v) is 5.22. The third kappa shape index (κ3) is 3.31. The fourth-order valence-corrected chi connectivity index (χ4v) is 2.62. The number of aryl methyl sites for hydroxylation is 1. The highest BCUT2D eigenvalue weighted by atomic mass is 35.5. The van der Waals surface area contributed by atoms with Gasteiger partial charge in [-0.15, -0.1) is 12.4 Å². The number of hydrogen-bond donors (Lipinski definition) is 1. The summed E-state index contributed by atoms with van der Waals surface area (Å²) in [5.41, 5.74) is 2.13. The van der Waals surface area contributed by atoms with Gasteiger partial charge in [-0.1, -0.05) is 35.5 Å². The molecule has 0 unspecified atom stereocenters. The van der Waals surface area contributed by atoms with Gasteiger partial charge in [0, 0.05) is 25.2 Å².